The Morgan fingerprint density at radius 2 is 1.95 bits per heavy atom. The Kier molecular flexibility index (Phi) is 6.26. The van der Waals surface area contributed by atoms with Gasteiger partial charge in [0.1, 0.15) is 5.54 Å². The maximum Gasteiger partial charge on any atom is 0.329 e. The fourth-order valence-electron chi connectivity index (χ4n) is 2.46. The van der Waals surface area contributed by atoms with E-state index in [1.165, 1.54) is 32.6 Å². The van der Waals surface area contributed by atoms with Gasteiger partial charge in [-0.25, -0.2) is 9.59 Å². The van der Waals surface area contributed by atoms with Crippen LogP contribution in [-0.2, 0) is 4.79 Å². The van der Waals surface area contributed by atoms with Crippen molar-refractivity contribution >= 4 is 12.0 Å². The van der Waals surface area contributed by atoms with Gasteiger partial charge in [-0.3, -0.25) is 0 Å². The number of hydrogen-bond acceptors (Lipinski definition) is 3. The van der Waals surface area contributed by atoms with E-state index in [0.717, 1.165) is 6.54 Å². The molecule has 2 amide bonds. The van der Waals surface area contributed by atoms with Crippen molar-refractivity contribution in [2.24, 2.45) is 0 Å². The molecule has 0 radical (unpaired) electrons. The van der Waals surface area contributed by atoms with Crippen LogP contribution in [0.15, 0.2) is 0 Å². The Hall–Kier alpha value is -1.30. The molecule has 1 aliphatic carbocycles. The van der Waals surface area contributed by atoms with Gasteiger partial charge in [0.2, 0.25) is 0 Å². The summed E-state index contributed by atoms with van der Waals surface area (Å²) in [7, 11) is 2.07. The highest BCUT2D eigenvalue weighted by Crippen LogP contribution is 2.21. The fourth-order valence-corrected chi connectivity index (χ4v) is 2.46. The summed E-state index contributed by atoms with van der Waals surface area (Å²) in [5.74, 6) is -1.02. The average Bonchev–Trinajstić information content (AvgIpc) is 2.92. The molecule has 6 nitrogen and oxygen atoms in total. The zero-order valence-corrected chi connectivity index (χ0v) is 12.7. The first kappa shape index (κ1) is 16.8. The molecule has 1 atom stereocenters. The first-order chi connectivity index (χ1) is 9.39. The summed E-state index contributed by atoms with van der Waals surface area (Å²) in [6.07, 6.45) is 5.38. The molecule has 1 aliphatic rings. The number of likely N-dealkylation sites (N-methyl/N-ethyl adjacent to an activating group) is 1. The first-order valence-electron chi connectivity index (χ1n) is 7.38. The number of carbonyl (C=O) groups is 2. The van der Waals surface area contributed by atoms with Gasteiger partial charge in [-0.1, -0.05) is 19.8 Å². The van der Waals surface area contributed by atoms with E-state index in [1.54, 1.807) is 6.92 Å². The monoisotopic (exact) mass is 285 g/mol. The molecule has 3 N–H and O–H groups in total. The number of nitrogens with one attached hydrogen (secondary N) is 2. The minimum atomic E-state index is -1.21. The Balaban J connectivity index is 2.27. The molecule has 116 valence electrons. The third-order valence-electron chi connectivity index (χ3n) is 4.27. The molecule has 1 saturated carbocycles. The van der Waals surface area contributed by atoms with Crippen LogP contribution in [0.25, 0.3) is 0 Å². The number of carboxylic acid groups (broad SMARTS) is 1. The molecule has 1 unspecified atom stereocenters. The molecule has 1 fully saturated rings. The third-order valence-corrected chi connectivity index (χ3v) is 4.27. The van der Waals surface area contributed by atoms with Crippen molar-refractivity contribution < 1.29 is 14.7 Å². The summed E-state index contributed by atoms with van der Waals surface area (Å²) in [6.45, 7) is 4.56. The van der Waals surface area contributed by atoms with Gasteiger partial charge in [-0.2, -0.15) is 0 Å². The molecule has 0 aromatic carbocycles. The van der Waals surface area contributed by atoms with Crippen LogP contribution in [0.1, 0.15) is 46.0 Å². The maximum atomic E-state index is 11.7. The third kappa shape index (κ3) is 4.67. The van der Waals surface area contributed by atoms with Gasteiger partial charge in [-0.15, -0.1) is 0 Å². The van der Waals surface area contributed by atoms with E-state index in [4.69, 9.17) is 5.11 Å². The average molecular weight is 285 g/mol. The first-order valence-corrected chi connectivity index (χ1v) is 7.38. The molecule has 0 heterocycles. The minimum Gasteiger partial charge on any atom is -0.480 e. The van der Waals surface area contributed by atoms with Gasteiger partial charge in [0.05, 0.1) is 0 Å². The van der Waals surface area contributed by atoms with Crippen LogP contribution in [0.4, 0.5) is 4.79 Å². The molecular weight excluding hydrogens is 258 g/mol. The largest absolute Gasteiger partial charge is 0.480 e. The molecule has 0 aliphatic heterocycles. The number of amides is 2. The summed E-state index contributed by atoms with van der Waals surface area (Å²) in [6, 6.07) is 0.205. The van der Waals surface area contributed by atoms with Crippen molar-refractivity contribution in [1.29, 1.82) is 0 Å². The van der Waals surface area contributed by atoms with Crippen molar-refractivity contribution in [3.8, 4) is 0 Å². The van der Waals surface area contributed by atoms with Gasteiger partial charge in [0.25, 0.3) is 0 Å². The predicted octanol–water partition coefficient (Wildman–Crippen LogP) is 1.41. The van der Waals surface area contributed by atoms with Gasteiger partial charge < -0.3 is 20.6 Å². The number of carboxylic acids is 1. The van der Waals surface area contributed by atoms with Crippen LogP contribution in [0, 0.1) is 0 Å². The number of urea groups is 1. The lowest BCUT2D eigenvalue weighted by Gasteiger charge is -2.26. The lowest BCUT2D eigenvalue weighted by Crippen LogP contribution is -2.55. The van der Waals surface area contributed by atoms with E-state index in [1.807, 2.05) is 0 Å². The maximum absolute atomic E-state index is 11.7. The van der Waals surface area contributed by atoms with Gasteiger partial charge in [0, 0.05) is 19.1 Å². The van der Waals surface area contributed by atoms with Crippen molar-refractivity contribution in [3.63, 3.8) is 0 Å². The lowest BCUT2D eigenvalue weighted by atomic mass is 10.00. The van der Waals surface area contributed by atoms with E-state index < -0.39 is 17.5 Å². The minimum absolute atomic E-state index is 0.345. The molecule has 0 bridgehead atoms. The molecular formula is C14H27N3O3. The van der Waals surface area contributed by atoms with Crippen LogP contribution in [0.5, 0.6) is 0 Å². The summed E-state index contributed by atoms with van der Waals surface area (Å²) in [5, 5.41) is 14.3. The summed E-state index contributed by atoms with van der Waals surface area (Å²) in [4.78, 5) is 25.1. The summed E-state index contributed by atoms with van der Waals surface area (Å²) in [5.41, 5.74) is -1.21. The summed E-state index contributed by atoms with van der Waals surface area (Å²) >= 11 is 0. The quantitative estimate of drug-likeness (QED) is 0.660. The van der Waals surface area contributed by atoms with Crippen LogP contribution in [-0.4, -0.2) is 53.7 Å². The summed E-state index contributed by atoms with van der Waals surface area (Å²) < 4.78 is 0. The second-order valence-electron chi connectivity index (χ2n) is 5.79. The standard InChI is InChI=1S/C14H27N3O3/c1-4-14(2,12(18)19)16-13(20)15-9-10-17(3)11-7-5-6-8-11/h11H,4-10H2,1-3H3,(H,18,19)(H2,15,16,20). The molecule has 1 rings (SSSR count). The second kappa shape index (κ2) is 7.47. The fraction of sp³-hybridized carbons (Fsp3) is 0.857. The van der Waals surface area contributed by atoms with Crippen molar-refractivity contribution in [1.82, 2.24) is 15.5 Å². The number of carbonyl (C=O) groups excluding carboxylic acids is 1. The van der Waals surface area contributed by atoms with Crippen molar-refractivity contribution in [3.05, 3.63) is 0 Å². The van der Waals surface area contributed by atoms with Crippen molar-refractivity contribution in [2.75, 3.05) is 20.1 Å². The van der Waals surface area contributed by atoms with Crippen molar-refractivity contribution in [2.45, 2.75) is 57.5 Å². The normalized spacial score (nSPS) is 18.8. The molecule has 0 aromatic heterocycles. The molecule has 0 spiro atoms. The van der Waals surface area contributed by atoms with E-state index >= 15 is 0 Å². The molecule has 0 aromatic rings. The number of hydrogen-bond donors (Lipinski definition) is 3. The van der Waals surface area contributed by atoms with E-state index in [9.17, 15) is 9.59 Å². The smallest absolute Gasteiger partial charge is 0.329 e. The highest BCUT2D eigenvalue weighted by atomic mass is 16.4. The SMILES string of the molecule is CCC(C)(NC(=O)NCCN(C)C1CCCC1)C(=O)O. The predicted molar refractivity (Wildman–Crippen MR) is 77.8 cm³/mol. The number of aliphatic carboxylic acids is 1. The van der Waals surface area contributed by atoms with Gasteiger partial charge >= 0.3 is 12.0 Å². The van der Waals surface area contributed by atoms with Gasteiger partial charge in [-0.05, 0) is 33.2 Å². The second-order valence-corrected chi connectivity index (χ2v) is 5.79. The van der Waals surface area contributed by atoms with Crippen LogP contribution in [0.3, 0.4) is 0 Å². The van der Waals surface area contributed by atoms with Gasteiger partial charge in [0.15, 0.2) is 0 Å². The molecule has 6 heteroatoms. The van der Waals surface area contributed by atoms with E-state index in [0.29, 0.717) is 19.0 Å². The highest BCUT2D eigenvalue weighted by Gasteiger charge is 2.32. The Labute approximate surface area is 120 Å². The van der Waals surface area contributed by atoms with Crippen LogP contribution < -0.4 is 10.6 Å². The van der Waals surface area contributed by atoms with Crippen LogP contribution >= 0.6 is 0 Å². The number of rotatable bonds is 7. The van der Waals surface area contributed by atoms with Crippen LogP contribution in [0.2, 0.25) is 0 Å². The molecule has 20 heavy (non-hydrogen) atoms. The Bertz CT molecular complexity index is 343. The Morgan fingerprint density at radius 3 is 2.45 bits per heavy atom. The topological polar surface area (TPSA) is 81.7 Å². The number of nitrogens with zero attached hydrogens (tertiary/aromatic N) is 1. The van der Waals surface area contributed by atoms with E-state index in [2.05, 4.69) is 22.6 Å². The zero-order valence-electron chi connectivity index (χ0n) is 12.7. The molecule has 0 saturated heterocycles. The lowest BCUT2D eigenvalue weighted by molar-refractivity contribution is -0.143. The van der Waals surface area contributed by atoms with E-state index in [-0.39, 0.29) is 0 Å². The zero-order chi connectivity index (χ0) is 15.2. The highest BCUT2D eigenvalue weighted by molar-refractivity contribution is 5.85. The Morgan fingerprint density at radius 1 is 1.35 bits per heavy atom.